The number of ether oxygens (including phenoxy) is 2. The predicted molar refractivity (Wildman–Crippen MR) is 148 cm³/mol. The van der Waals surface area contributed by atoms with Crippen LogP contribution in [-0.2, 0) is 22.5 Å². The van der Waals surface area contributed by atoms with Gasteiger partial charge < -0.3 is 10.5 Å². The Bertz CT molecular complexity index is 1810. The number of benzene rings is 1. The lowest BCUT2D eigenvalue weighted by Crippen LogP contribution is -2.50. The predicted octanol–water partition coefficient (Wildman–Crippen LogP) is 5.21. The Morgan fingerprint density at radius 2 is 1.93 bits per heavy atom. The van der Waals surface area contributed by atoms with E-state index in [4.69, 9.17) is 22.1 Å². The highest BCUT2D eigenvalue weighted by molar-refractivity contribution is 6.30. The van der Waals surface area contributed by atoms with Crippen molar-refractivity contribution in [3.8, 4) is 16.9 Å². The van der Waals surface area contributed by atoms with Gasteiger partial charge >= 0.3 is 18.4 Å². The number of nitrogens with zero attached hydrogens (tertiary/aromatic N) is 6. The van der Waals surface area contributed by atoms with Crippen molar-refractivity contribution in [3.05, 3.63) is 58.9 Å². The van der Waals surface area contributed by atoms with Gasteiger partial charge in [0, 0.05) is 23.3 Å². The van der Waals surface area contributed by atoms with Gasteiger partial charge in [0.15, 0.2) is 11.4 Å². The van der Waals surface area contributed by atoms with Crippen LogP contribution in [0.25, 0.3) is 22.2 Å². The third kappa shape index (κ3) is 6.11. The average Bonchev–Trinajstić information content (AvgIpc) is 3.69. The minimum absolute atomic E-state index is 0.0122. The van der Waals surface area contributed by atoms with Crippen LogP contribution in [0.1, 0.15) is 47.7 Å². The number of carbonyl (C=O) groups is 2. The second kappa shape index (κ2) is 11.2. The van der Waals surface area contributed by atoms with E-state index in [1.165, 1.54) is 48.4 Å². The lowest BCUT2D eigenvalue weighted by Gasteiger charge is -2.33. The summed E-state index contributed by atoms with van der Waals surface area (Å²) < 4.78 is 78.2. The van der Waals surface area contributed by atoms with Crippen molar-refractivity contribution in [2.45, 2.75) is 51.2 Å². The van der Waals surface area contributed by atoms with E-state index in [-0.39, 0.29) is 50.2 Å². The standard InChI is InChI=1S/C28H23ClF5N7O4/c1-13(12-44-28(32,33)34)41-25-17(10-38-41)22(23(24(35)42)18(39-25)6-14-2-3-14)15-4-5-19-20(7-15)45-27(30,31)26(43)40(19)11-21-36-8-16(29)9-37-21/h4-5,7-10,13-14H,2-3,6,11-12H2,1H3,(H2,35,42)/t13-/m0/s1. The van der Waals surface area contributed by atoms with Crippen LogP contribution in [0.3, 0.4) is 0 Å². The van der Waals surface area contributed by atoms with Crippen molar-refractivity contribution < 1.29 is 41.0 Å². The highest BCUT2D eigenvalue weighted by Crippen LogP contribution is 2.45. The molecule has 3 aromatic heterocycles. The van der Waals surface area contributed by atoms with Crippen LogP contribution < -0.4 is 15.4 Å². The molecule has 45 heavy (non-hydrogen) atoms. The number of aromatic nitrogens is 5. The van der Waals surface area contributed by atoms with Crippen LogP contribution in [-0.4, -0.2) is 55.6 Å². The molecule has 1 aliphatic heterocycles. The molecule has 11 nitrogen and oxygen atoms in total. The van der Waals surface area contributed by atoms with Crippen molar-refractivity contribution in [2.75, 3.05) is 11.5 Å². The van der Waals surface area contributed by atoms with E-state index in [2.05, 4.69) is 24.8 Å². The normalized spacial score (nSPS) is 16.9. The van der Waals surface area contributed by atoms with Crippen molar-refractivity contribution in [1.29, 1.82) is 0 Å². The molecule has 236 valence electrons. The fourth-order valence-electron chi connectivity index (χ4n) is 5.16. The first-order chi connectivity index (χ1) is 21.2. The minimum atomic E-state index is -4.87. The number of alkyl halides is 5. The van der Waals surface area contributed by atoms with Gasteiger partial charge in [-0.1, -0.05) is 17.7 Å². The average molecular weight is 652 g/mol. The molecule has 0 spiro atoms. The third-order valence-electron chi connectivity index (χ3n) is 7.39. The van der Waals surface area contributed by atoms with Crippen molar-refractivity contribution >= 4 is 40.1 Å². The largest absolute Gasteiger partial charge is 0.522 e. The van der Waals surface area contributed by atoms with Gasteiger partial charge in [-0.05, 0) is 49.8 Å². The number of primary amides is 1. The Labute approximate surface area is 256 Å². The van der Waals surface area contributed by atoms with Crippen LogP contribution in [0.4, 0.5) is 27.6 Å². The number of nitrogens with two attached hydrogens (primary N) is 1. The van der Waals surface area contributed by atoms with E-state index >= 15 is 0 Å². The van der Waals surface area contributed by atoms with Gasteiger partial charge in [-0.25, -0.2) is 19.6 Å². The third-order valence-corrected chi connectivity index (χ3v) is 7.59. The number of rotatable bonds is 9. The number of hydrogen-bond acceptors (Lipinski definition) is 8. The molecule has 0 bridgehead atoms. The molecular formula is C28H23ClF5N7O4. The van der Waals surface area contributed by atoms with Gasteiger partial charge in [-0.15, -0.1) is 13.2 Å². The first kappa shape index (κ1) is 30.6. The van der Waals surface area contributed by atoms with E-state index < -0.39 is 49.2 Å². The Hall–Kier alpha value is -4.44. The molecule has 4 heterocycles. The molecule has 1 saturated carbocycles. The highest BCUT2D eigenvalue weighted by Gasteiger charge is 2.51. The quantitative estimate of drug-likeness (QED) is 0.244. The van der Waals surface area contributed by atoms with E-state index in [9.17, 15) is 31.5 Å². The lowest BCUT2D eigenvalue weighted by atomic mass is 9.93. The van der Waals surface area contributed by atoms with Crippen LogP contribution in [0.5, 0.6) is 5.75 Å². The molecule has 6 rings (SSSR count). The van der Waals surface area contributed by atoms with Crippen molar-refractivity contribution in [1.82, 2.24) is 24.7 Å². The molecule has 0 radical (unpaired) electrons. The molecule has 1 fully saturated rings. The van der Waals surface area contributed by atoms with Gasteiger partial charge in [0.25, 0.3) is 5.91 Å². The summed E-state index contributed by atoms with van der Waals surface area (Å²) in [5, 5.41) is 4.67. The fourth-order valence-corrected chi connectivity index (χ4v) is 5.26. The van der Waals surface area contributed by atoms with Gasteiger partial charge in [0.1, 0.15) is 5.82 Å². The summed E-state index contributed by atoms with van der Waals surface area (Å²) in [6, 6.07) is 3.12. The summed E-state index contributed by atoms with van der Waals surface area (Å²) in [5.74, 6) is -2.64. The first-order valence-electron chi connectivity index (χ1n) is 13.6. The Kier molecular flexibility index (Phi) is 7.59. The molecule has 17 heteroatoms. The molecule has 2 aliphatic rings. The summed E-state index contributed by atoms with van der Waals surface area (Å²) >= 11 is 5.82. The Morgan fingerprint density at radius 1 is 1.22 bits per heavy atom. The Morgan fingerprint density at radius 3 is 2.58 bits per heavy atom. The summed E-state index contributed by atoms with van der Waals surface area (Å²) in [7, 11) is 0. The number of amides is 2. The molecule has 1 aliphatic carbocycles. The summed E-state index contributed by atoms with van der Waals surface area (Å²) in [6.45, 7) is 0.256. The molecule has 2 amide bonds. The summed E-state index contributed by atoms with van der Waals surface area (Å²) in [5.41, 5.74) is 6.64. The highest BCUT2D eigenvalue weighted by atomic mass is 35.5. The monoisotopic (exact) mass is 651 g/mol. The number of hydrogen-bond donors (Lipinski definition) is 1. The maximum atomic E-state index is 14.9. The van der Waals surface area contributed by atoms with Gasteiger partial charge in [0.05, 0.1) is 47.4 Å². The van der Waals surface area contributed by atoms with Crippen LogP contribution in [0, 0.1) is 5.92 Å². The van der Waals surface area contributed by atoms with E-state index in [1.54, 1.807) is 0 Å². The van der Waals surface area contributed by atoms with Crippen LogP contribution >= 0.6 is 11.6 Å². The van der Waals surface area contributed by atoms with Crippen LogP contribution in [0.15, 0.2) is 36.8 Å². The number of carbonyl (C=O) groups excluding carboxylic acids is 2. The number of anilines is 1. The van der Waals surface area contributed by atoms with E-state index in [1.807, 2.05) is 0 Å². The SMILES string of the molecule is C[C@@H](COC(F)(F)F)n1ncc2c(-c3ccc4c(c3)OC(F)(F)C(=O)N4Cc3ncc(Cl)cn3)c(C(N)=O)c(CC3CC3)nc21. The van der Waals surface area contributed by atoms with Crippen molar-refractivity contribution in [2.24, 2.45) is 11.7 Å². The topological polar surface area (TPSA) is 138 Å². The summed E-state index contributed by atoms with van der Waals surface area (Å²) in [6.07, 6.45) is -3.20. The molecule has 4 aromatic rings. The molecular weight excluding hydrogens is 629 g/mol. The smallest absolute Gasteiger partial charge is 0.423 e. The molecule has 0 unspecified atom stereocenters. The fraction of sp³-hybridized carbons (Fsp3) is 0.357. The maximum absolute atomic E-state index is 14.9. The molecule has 1 atom stereocenters. The van der Waals surface area contributed by atoms with Gasteiger partial charge in [-0.3, -0.25) is 19.2 Å². The Balaban J connectivity index is 1.49. The van der Waals surface area contributed by atoms with E-state index in [0.29, 0.717) is 12.1 Å². The van der Waals surface area contributed by atoms with Gasteiger partial charge in [-0.2, -0.15) is 13.9 Å². The van der Waals surface area contributed by atoms with Crippen LogP contribution in [0.2, 0.25) is 5.02 Å². The number of halogens is 6. The zero-order chi connectivity index (χ0) is 32.3. The summed E-state index contributed by atoms with van der Waals surface area (Å²) in [4.78, 5) is 38.9. The van der Waals surface area contributed by atoms with E-state index in [0.717, 1.165) is 17.7 Å². The first-order valence-corrected chi connectivity index (χ1v) is 14.0. The lowest BCUT2D eigenvalue weighted by molar-refractivity contribution is -0.327. The minimum Gasteiger partial charge on any atom is -0.423 e. The maximum Gasteiger partial charge on any atom is 0.522 e. The zero-order valence-corrected chi connectivity index (χ0v) is 24.1. The second-order valence-corrected chi connectivity index (χ2v) is 11.2. The number of pyridine rings is 1. The second-order valence-electron chi connectivity index (χ2n) is 10.8. The zero-order valence-electron chi connectivity index (χ0n) is 23.3. The van der Waals surface area contributed by atoms with Gasteiger partial charge in [0.2, 0.25) is 0 Å². The number of fused-ring (bicyclic) bond motifs is 2. The molecule has 0 saturated heterocycles. The molecule has 2 N–H and O–H groups in total. The van der Waals surface area contributed by atoms with Crippen molar-refractivity contribution in [3.63, 3.8) is 0 Å². The molecule has 1 aromatic carbocycles.